The topological polar surface area (TPSA) is 135 Å². The number of nitrogens with zero attached hydrogens (tertiary/aromatic N) is 2. The first-order valence-corrected chi connectivity index (χ1v) is 18.0. The third-order valence-corrected chi connectivity index (χ3v) is 10.5. The van der Waals surface area contributed by atoms with Gasteiger partial charge < -0.3 is 14.2 Å². The SMILES string of the molecule is CCN1/C(=C/C=C/C=C/C2=[N+](CCCCCC(C)=O)c3ccc(S(=O)(=O)O)cc3C2(C)C)C(C)(C)c2cc(S(=O)(=O)[O-])ccc21. The molecule has 0 aromatic heterocycles. The predicted octanol–water partition coefficient (Wildman–Crippen LogP) is 6.18. The molecule has 9 nitrogen and oxygen atoms in total. The zero-order chi connectivity index (χ0) is 33.4. The van der Waals surface area contributed by atoms with E-state index in [1.807, 2.05) is 65.0 Å². The highest BCUT2D eigenvalue weighted by atomic mass is 32.2. The third-order valence-electron chi connectivity index (χ3n) is 8.77. The fourth-order valence-corrected chi connectivity index (χ4v) is 7.39. The van der Waals surface area contributed by atoms with Crippen LogP contribution in [0.2, 0.25) is 0 Å². The molecular weight excluding hydrogens is 613 g/mol. The summed E-state index contributed by atoms with van der Waals surface area (Å²) in [5.41, 5.74) is 4.19. The maximum atomic E-state index is 11.9. The Labute approximate surface area is 267 Å². The van der Waals surface area contributed by atoms with Crippen LogP contribution in [0.25, 0.3) is 0 Å². The summed E-state index contributed by atoms with van der Waals surface area (Å²) in [6.45, 7) is 13.0. The Bertz CT molecular complexity index is 1850. The Morgan fingerprint density at radius 3 is 2.20 bits per heavy atom. The summed E-state index contributed by atoms with van der Waals surface area (Å²) in [6.07, 6.45) is 12.9. The Balaban J connectivity index is 1.65. The third kappa shape index (κ3) is 7.06. The maximum Gasteiger partial charge on any atom is 0.294 e. The summed E-state index contributed by atoms with van der Waals surface area (Å²) in [5, 5.41) is 0. The van der Waals surface area contributed by atoms with Crippen molar-refractivity contribution in [3.8, 4) is 0 Å². The van der Waals surface area contributed by atoms with Crippen LogP contribution >= 0.6 is 0 Å². The fourth-order valence-electron chi connectivity index (χ4n) is 6.38. The molecule has 0 atom stereocenters. The molecule has 0 saturated carbocycles. The van der Waals surface area contributed by atoms with Gasteiger partial charge in [0.25, 0.3) is 10.1 Å². The van der Waals surface area contributed by atoms with E-state index in [2.05, 4.69) is 9.48 Å². The second-order valence-electron chi connectivity index (χ2n) is 12.6. The lowest BCUT2D eigenvalue weighted by Crippen LogP contribution is -2.28. The predicted molar refractivity (Wildman–Crippen MR) is 175 cm³/mol. The van der Waals surface area contributed by atoms with Crippen molar-refractivity contribution in [1.82, 2.24) is 0 Å². The van der Waals surface area contributed by atoms with Crippen LogP contribution in [0.3, 0.4) is 0 Å². The summed E-state index contributed by atoms with van der Waals surface area (Å²) in [5.74, 6) is 0.171. The van der Waals surface area contributed by atoms with E-state index in [9.17, 15) is 30.7 Å². The summed E-state index contributed by atoms with van der Waals surface area (Å²) in [7, 11) is -8.94. The average molecular weight is 655 g/mol. The smallest absolute Gasteiger partial charge is 0.294 e. The van der Waals surface area contributed by atoms with Gasteiger partial charge in [0, 0.05) is 53.9 Å². The Morgan fingerprint density at radius 1 is 0.911 bits per heavy atom. The van der Waals surface area contributed by atoms with Gasteiger partial charge in [0.2, 0.25) is 5.69 Å². The van der Waals surface area contributed by atoms with Gasteiger partial charge in [-0.1, -0.05) is 32.1 Å². The van der Waals surface area contributed by atoms with Gasteiger partial charge in [0.1, 0.15) is 22.4 Å². The van der Waals surface area contributed by atoms with E-state index < -0.39 is 31.1 Å². The van der Waals surface area contributed by atoms with Crippen LogP contribution in [0.15, 0.2) is 82.3 Å². The van der Waals surface area contributed by atoms with Crippen LogP contribution in [0, 0.1) is 0 Å². The lowest BCUT2D eigenvalue weighted by Gasteiger charge is -2.25. The first-order valence-electron chi connectivity index (χ1n) is 15.1. The van der Waals surface area contributed by atoms with Gasteiger partial charge in [-0.3, -0.25) is 4.55 Å². The van der Waals surface area contributed by atoms with Gasteiger partial charge in [-0.15, -0.1) is 0 Å². The monoisotopic (exact) mass is 654 g/mol. The van der Waals surface area contributed by atoms with E-state index in [0.29, 0.717) is 19.5 Å². The molecule has 45 heavy (non-hydrogen) atoms. The molecule has 0 unspecified atom stereocenters. The van der Waals surface area contributed by atoms with Crippen LogP contribution in [0.5, 0.6) is 0 Å². The second kappa shape index (κ2) is 12.8. The number of hydrogen-bond acceptors (Lipinski definition) is 7. The van der Waals surface area contributed by atoms with Crippen molar-refractivity contribution < 1.29 is 35.3 Å². The van der Waals surface area contributed by atoms with Crippen LogP contribution < -0.4 is 4.90 Å². The van der Waals surface area contributed by atoms with Crippen LogP contribution in [-0.2, 0) is 35.9 Å². The molecule has 0 spiro atoms. The highest BCUT2D eigenvalue weighted by Gasteiger charge is 2.45. The highest BCUT2D eigenvalue weighted by Crippen LogP contribution is 2.48. The number of likely N-dealkylation sites (N-methyl/N-ethyl adjacent to an activating group) is 1. The van der Waals surface area contributed by atoms with Crippen molar-refractivity contribution in [3.63, 3.8) is 0 Å². The van der Waals surface area contributed by atoms with Crippen molar-refractivity contribution in [2.45, 2.75) is 87.8 Å². The zero-order valence-electron chi connectivity index (χ0n) is 26.7. The molecule has 1 N–H and O–H groups in total. The van der Waals surface area contributed by atoms with Crippen LogP contribution in [-0.4, -0.2) is 55.1 Å². The first kappa shape index (κ1) is 34.5. The molecule has 2 heterocycles. The van der Waals surface area contributed by atoms with E-state index in [-0.39, 0.29) is 15.6 Å². The van der Waals surface area contributed by atoms with Gasteiger partial charge in [-0.2, -0.15) is 13.0 Å². The summed E-state index contributed by atoms with van der Waals surface area (Å²) in [4.78, 5) is 13.1. The summed E-state index contributed by atoms with van der Waals surface area (Å²) in [6, 6.07) is 9.21. The Kier molecular flexibility index (Phi) is 9.80. The number of benzene rings is 2. The van der Waals surface area contributed by atoms with E-state index in [1.165, 1.54) is 24.3 Å². The Hall–Kier alpha value is -3.38. The normalized spacial score (nSPS) is 18.4. The first-order chi connectivity index (χ1) is 20.9. The van der Waals surface area contributed by atoms with Crippen molar-refractivity contribution in [2.24, 2.45) is 0 Å². The molecule has 0 aliphatic carbocycles. The molecule has 0 radical (unpaired) electrons. The highest BCUT2D eigenvalue weighted by molar-refractivity contribution is 7.86. The number of unbranched alkanes of at least 4 members (excludes halogenated alkanes) is 2. The number of allylic oxidation sites excluding steroid dienone is 6. The lowest BCUT2D eigenvalue weighted by molar-refractivity contribution is -0.438. The number of carbonyl (C=O) groups excluding carboxylic acids is 1. The molecule has 242 valence electrons. The number of carbonyl (C=O) groups is 1. The van der Waals surface area contributed by atoms with Gasteiger partial charge in [-0.05, 0) is 82.5 Å². The Morgan fingerprint density at radius 2 is 1.58 bits per heavy atom. The van der Waals surface area contributed by atoms with Gasteiger partial charge in [-0.25, -0.2) is 8.42 Å². The molecule has 4 rings (SSSR count). The maximum absolute atomic E-state index is 11.9. The molecule has 2 aromatic rings. The van der Waals surface area contributed by atoms with E-state index >= 15 is 0 Å². The number of ketones is 1. The summed E-state index contributed by atoms with van der Waals surface area (Å²) < 4.78 is 70.8. The molecule has 2 aromatic carbocycles. The molecule has 11 heteroatoms. The number of rotatable bonds is 12. The minimum atomic E-state index is -4.58. The average Bonchev–Trinajstić information content (AvgIpc) is 3.29. The molecule has 2 aliphatic heterocycles. The largest absolute Gasteiger partial charge is 0.744 e. The number of hydrogen-bond donors (Lipinski definition) is 1. The molecular formula is C34H42N2O7S2. The van der Waals surface area contributed by atoms with Gasteiger partial charge in [0.05, 0.1) is 15.2 Å². The van der Waals surface area contributed by atoms with Crippen molar-refractivity contribution in [2.75, 3.05) is 18.0 Å². The second-order valence-corrected chi connectivity index (χ2v) is 15.4. The minimum absolute atomic E-state index is 0.145. The van der Waals surface area contributed by atoms with Crippen molar-refractivity contribution in [1.29, 1.82) is 0 Å². The molecule has 0 amide bonds. The van der Waals surface area contributed by atoms with E-state index in [4.69, 9.17) is 0 Å². The number of anilines is 1. The van der Waals surface area contributed by atoms with Gasteiger partial charge in [0.15, 0.2) is 5.71 Å². The zero-order valence-corrected chi connectivity index (χ0v) is 28.3. The molecule has 0 fully saturated rings. The van der Waals surface area contributed by atoms with E-state index in [0.717, 1.165) is 53.2 Å². The van der Waals surface area contributed by atoms with Crippen molar-refractivity contribution >= 4 is 43.1 Å². The fraction of sp³-hybridized carbons (Fsp3) is 0.412. The van der Waals surface area contributed by atoms with Gasteiger partial charge >= 0.3 is 0 Å². The molecule has 0 saturated heterocycles. The molecule has 2 aliphatic rings. The lowest BCUT2D eigenvalue weighted by atomic mass is 9.81. The number of Topliss-reactive ketones (excluding diaryl/α,β-unsaturated/α-hetero) is 1. The van der Waals surface area contributed by atoms with E-state index in [1.54, 1.807) is 19.1 Å². The van der Waals surface area contributed by atoms with Crippen LogP contribution in [0.1, 0.15) is 78.4 Å². The number of fused-ring (bicyclic) bond motifs is 2. The summed E-state index contributed by atoms with van der Waals surface area (Å²) >= 11 is 0. The molecule has 0 bridgehead atoms. The van der Waals surface area contributed by atoms with Crippen molar-refractivity contribution in [3.05, 3.63) is 83.6 Å². The standard InChI is InChI=1S/C34H42N2O7S2/c1-7-35-29-19-17-25(44(38,39)40)22-27(29)33(3,4)31(35)15-11-8-12-16-32-34(5,6)28-23-26(45(41,42)43)18-20-30(28)36(32)21-13-9-10-14-24(2)37/h8,11-12,15-20,22-23H,7,9-10,13-14,21H2,1-6H3,(H-,38,39,40,41,42,43). The van der Waals surface area contributed by atoms with Crippen LogP contribution in [0.4, 0.5) is 11.4 Å². The minimum Gasteiger partial charge on any atom is -0.744 e. The quantitative estimate of drug-likeness (QED) is 0.124.